The minimum atomic E-state index is -0.0434. The van der Waals surface area contributed by atoms with Gasteiger partial charge in [0.1, 0.15) is 0 Å². The van der Waals surface area contributed by atoms with Gasteiger partial charge in [0.25, 0.3) is 0 Å². The fourth-order valence-electron chi connectivity index (χ4n) is 1.82. The van der Waals surface area contributed by atoms with Crippen LogP contribution in [0.1, 0.15) is 12.0 Å². The molecule has 0 saturated heterocycles. The summed E-state index contributed by atoms with van der Waals surface area (Å²) in [6.45, 7) is 0. The molecule has 1 amide bonds. The summed E-state index contributed by atoms with van der Waals surface area (Å²) in [4.78, 5) is 11.4. The largest absolute Gasteiger partial charge is 0.284 e. The topological polar surface area (TPSA) is 46.3 Å². The summed E-state index contributed by atoms with van der Waals surface area (Å²) in [7, 11) is 1.57. The van der Waals surface area contributed by atoms with E-state index in [9.17, 15) is 4.79 Å². The number of fused-ring (bicyclic) bond motifs is 1. The van der Waals surface area contributed by atoms with Crippen LogP contribution in [0.15, 0.2) is 42.5 Å². The van der Waals surface area contributed by atoms with E-state index in [0.717, 1.165) is 11.4 Å². The van der Waals surface area contributed by atoms with Gasteiger partial charge < -0.3 is 0 Å². The van der Waals surface area contributed by atoms with E-state index in [0.29, 0.717) is 6.42 Å². The molecule has 0 aliphatic rings. The molecule has 0 radical (unpaired) electrons. The van der Waals surface area contributed by atoms with E-state index in [-0.39, 0.29) is 5.91 Å². The van der Waals surface area contributed by atoms with Crippen molar-refractivity contribution in [3.63, 3.8) is 0 Å². The second-order valence-electron chi connectivity index (χ2n) is 4.19. The maximum atomic E-state index is 11.4. The van der Waals surface area contributed by atoms with Gasteiger partial charge in [0.15, 0.2) is 0 Å². The molecule has 3 heteroatoms. The molecule has 0 saturated carbocycles. The van der Waals surface area contributed by atoms with Crippen LogP contribution >= 0.6 is 0 Å². The van der Waals surface area contributed by atoms with Crippen molar-refractivity contribution >= 4 is 16.7 Å². The van der Waals surface area contributed by atoms with Gasteiger partial charge in [-0.2, -0.15) is 0 Å². The number of carbonyl (C=O) groups excluding carboxylic acids is 1. The van der Waals surface area contributed by atoms with Crippen LogP contribution in [0.5, 0.6) is 0 Å². The van der Waals surface area contributed by atoms with Crippen molar-refractivity contribution in [3.8, 4) is 0 Å². The zero-order valence-corrected chi connectivity index (χ0v) is 9.89. The SMILES string of the molecule is CN(N)C(=O)CCc1ccc2ccccc2c1. The van der Waals surface area contributed by atoms with Crippen molar-refractivity contribution in [2.24, 2.45) is 5.84 Å². The number of rotatable bonds is 3. The number of hydrogen-bond donors (Lipinski definition) is 1. The first-order valence-corrected chi connectivity index (χ1v) is 5.66. The number of aryl methyl sites for hydroxylation is 1. The molecule has 2 N–H and O–H groups in total. The normalized spacial score (nSPS) is 10.5. The Kier molecular flexibility index (Phi) is 3.40. The van der Waals surface area contributed by atoms with Gasteiger partial charge in [-0.15, -0.1) is 0 Å². The highest BCUT2D eigenvalue weighted by atomic mass is 16.2. The number of hydrogen-bond acceptors (Lipinski definition) is 2. The average molecular weight is 228 g/mol. The summed E-state index contributed by atoms with van der Waals surface area (Å²) in [5.41, 5.74) is 1.17. The Hall–Kier alpha value is -1.87. The average Bonchev–Trinajstić information content (AvgIpc) is 2.35. The fraction of sp³-hybridized carbons (Fsp3) is 0.214. The van der Waals surface area contributed by atoms with Gasteiger partial charge in [0, 0.05) is 13.5 Å². The van der Waals surface area contributed by atoms with E-state index >= 15 is 0 Å². The molecule has 0 spiro atoms. The van der Waals surface area contributed by atoms with Crippen molar-refractivity contribution < 1.29 is 4.79 Å². The predicted octanol–water partition coefficient (Wildman–Crippen LogP) is 2.10. The number of amides is 1. The molecule has 88 valence electrons. The molecule has 2 aromatic rings. The second-order valence-corrected chi connectivity index (χ2v) is 4.19. The maximum absolute atomic E-state index is 11.4. The fourth-order valence-corrected chi connectivity index (χ4v) is 1.82. The lowest BCUT2D eigenvalue weighted by Crippen LogP contribution is -2.33. The third-order valence-electron chi connectivity index (χ3n) is 2.83. The van der Waals surface area contributed by atoms with Gasteiger partial charge in [0.05, 0.1) is 0 Å². The highest BCUT2D eigenvalue weighted by molar-refractivity contribution is 5.83. The Morgan fingerprint density at radius 3 is 2.59 bits per heavy atom. The zero-order chi connectivity index (χ0) is 12.3. The van der Waals surface area contributed by atoms with Crippen molar-refractivity contribution in [1.82, 2.24) is 5.01 Å². The predicted molar refractivity (Wildman–Crippen MR) is 69.2 cm³/mol. The van der Waals surface area contributed by atoms with Crippen LogP contribution in [0.2, 0.25) is 0 Å². The van der Waals surface area contributed by atoms with E-state index in [1.165, 1.54) is 16.3 Å². The monoisotopic (exact) mass is 228 g/mol. The standard InChI is InChI=1S/C14H16N2O/c1-16(15)14(17)9-7-11-6-8-12-4-2-3-5-13(12)10-11/h2-6,8,10H,7,9,15H2,1H3. The number of hydrazine groups is 1. The van der Waals surface area contributed by atoms with Crippen LogP contribution in [0.25, 0.3) is 10.8 Å². The Morgan fingerprint density at radius 1 is 1.18 bits per heavy atom. The van der Waals surface area contributed by atoms with E-state index in [1.54, 1.807) is 7.05 Å². The molecular weight excluding hydrogens is 212 g/mol. The molecule has 0 aliphatic heterocycles. The van der Waals surface area contributed by atoms with Gasteiger partial charge in [-0.25, -0.2) is 5.84 Å². The molecule has 0 aliphatic carbocycles. The minimum absolute atomic E-state index is 0.0434. The molecule has 0 bridgehead atoms. The van der Waals surface area contributed by atoms with Crippen molar-refractivity contribution in [2.75, 3.05) is 7.05 Å². The van der Waals surface area contributed by atoms with Crippen LogP contribution in [-0.4, -0.2) is 18.0 Å². The zero-order valence-electron chi connectivity index (χ0n) is 9.89. The third kappa shape index (κ3) is 2.82. The summed E-state index contributed by atoms with van der Waals surface area (Å²) in [5, 5.41) is 3.57. The lowest BCUT2D eigenvalue weighted by molar-refractivity contribution is -0.130. The number of carbonyl (C=O) groups is 1. The molecule has 0 atom stereocenters. The van der Waals surface area contributed by atoms with Gasteiger partial charge in [0.2, 0.25) is 5.91 Å². The molecule has 3 nitrogen and oxygen atoms in total. The van der Waals surface area contributed by atoms with Crippen LogP contribution < -0.4 is 5.84 Å². The minimum Gasteiger partial charge on any atom is -0.284 e. The number of benzene rings is 2. The Balaban J connectivity index is 2.12. The first-order chi connectivity index (χ1) is 8.16. The Bertz CT molecular complexity index is 534. The summed E-state index contributed by atoms with van der Waals surface area (Å²) < 4.78 is 0. The summed E-state index contributed by atoms with van der Waals surface area (Å²) >= 11 is 0. The highest BCUT2D eigenvalue weighted by Crippen LogP contribution is 2.16. The molecule has 0 fully saturated rings. The lowest BCUT2D eigenvalue weighted by atomic mass is 10.0. The third-order valence-corrected chi connectivity index (χ3v) is 2.83. The van der Waals surface area contributed by atoms with Crippen LogP contribution in [-0.2, 0) is 11.2 Å². The molecule has 0 unspecified atom stereocenters. The van der Waals surface area contributed by atoms with Crippen molar-refractivity contribution in [3.05, 3.63) is 48.0 Å². The van der Waals surface area contributed by atoms with Crippen molar-refractivity contribution in [1.29, 1.82) is 0 Å². The molecular formula is C14H16N2O. The molecule has 17 heavy (non-hydrogen) atoms. The van der Waals surface area contributed by atoms with E-state index in [2.05, 4.69) is 30.3 Å². The second kappa shape index (κ2) is 4.97. The summed E-state index contributed by atoms with van der Waals surface area (Å²) in [6.07, 6.45) is 1.18. The maximum Gasteiger partial charge on any atom is 0.236 e. The highest BCUT2D eigenvalue weighted by Gasteiger charge is 2.05. The molecule has 0 heterocycles. The lowest BCUT2D eigenvalue weighted by Gasteiger charge is -2.09. The van der Waals surface area contributed by atoms with Gasteiger partial charge in [-0.3, -0.25) is 9.80 Å². The smallest absolute Gasteiger partial charge is 0.236 e. The van der Waals surface area contributed by atoms with Gasteiger partial charge in [-0.1, -0.05) is 42.5 Å². The van der Waals surface area contributed by atoms with E-state index in [4.69, 9.17) is 5.84 Å². The van der Waals surface area contributed by atoms with Crippen LogP contribution in [0, 0.1) is 0 Å². The molecule has 0 aromatic heterocycles. The summed E-state index contributed by atoms with van der Waals surface area (Å²) in [5.74, 6) is 5.33. The first-order valence-electron chi connectivity index (χ1n) is 5.66. The Morgan fingerprint density at radius 2 is 1.88 bits per heavy atom. The first kappa shape index (κ1) is 11.6. The van der Waals surface area contributed by atoms with Crippen molar-refractivity contribution in [2.45, 2.75) is 12.8 Å². The van der Waals surface area contributed by atoms with Crippen LogP contribution in [0.4, 0.5) is 0 Å². The van der Waals surface area contributed by atoms with Gasteiger partial charge >= 0.3 is 0 Å². The quantitative estimate of drug-likeness (QED) is 0.497. The number of nitrogens with two attached hydrogens (primary N) is 1. The molecule has 2 aromatic carbocycles. The number of nitrogens with zero attached hydrogens (tertiary/aromatic N) is 1. The van der Waals surface area contributed by atoms with E-state index < -0.39 is 0 Å². The summed E-state index contributed by atoms with van der Waals surface area (Å²) in [6, 6.07) is 14.5. The van der Waals surface area contributed by atoms with E-state index in [1.807, 2.05) is 12.1 Å². The Labute approximate surface area is 101 Å². The van der Waals surface area contributed by atoms with Crippen LogP contribution in [0.3, 0.4) is 0 Å². The molecule has 2 rings (SSSR count). The van der Waals surface area contributed by atoms with Gasteiger partial charge in [-0.05, 0) is 22.8 Å².